The molecule has 2 aliphatic heterocycles. The van der Waals surface area contributed by atoms with E-state index in [-0.39, 0.29) is 11.4 Å². The summed E-state index contributed by atoms with van der Waals surface area (Å²) in [6.07, 6.45) is 3.57. The standard InChI is InChI=1S/C18H22N4O/c1-21-13-10-20-17(23)18(21)7-11-22(12-8-18)16-15-5-3-2-4-14(15)6-9-19-16/h2-6,9H,7-8,10-13H2,1H3,(H,20,23). The third-order valence-corrected chi connectivity index (χ3v) is 5.43. The van der Waals surface area contributed by atoms with Gasteiger partial charge in [-0.2, -0.15) is 0 Å². The van der Waals surface area contributed by atoms with Crippen molar-refractivity contribution in [1.82, 2.24) is 15.2 Å². The third-order valence-electron chi connectivity index (χ3n) is 5.43. The van der Waals surface area contributed by atoms with Gasteiger partial charge in [0.25, 0.3) is 0 Å². The Morgan fingerprint density at radius 2 is 1.91 bits per heavy atom. The van der Waals surface area contributed by atoms with E-state index in [2.05, 4.69) is 51.4 Å². The molecule has 4 rings (SSSR count). The van der Waals surface area contributed by atoms with E-state index in [0.29, 0.717) is 0 Å². The van der Waals surface area contributed by atoms with Gasteiger partial charge >= 0.3 is 0 Å². The summed E-state index contributed by atoms with van der Waals surface area (Å²) in [5, 5.41) is 5.44. The van der Waals surface area contributed by atoms with Gasteiger partial charge in [-0.1, -0.05) is 24.3 Å². The van der Waals surface area contributed by atoms with Gasteiger partial charge < -0.3 is 10.2 Å². The van der Waals surface area contributed by atoms with Crippen LogP contribution in [-0.2, 0) is 4.79 Å². The van der Waals surface area contributed by atoms with Crippen LogP contribution in [0.3, 0.4) is 0 Å². The van der Waals surface area contributed by atoms with Crippen molar-refractivity contribution in [1.29, 1.82) is 0 Å². The lowest BCUT2D eigenvalue weighted by atomic mass is 9.83. The van der Waals surface area contributed by atoms with Crippen molar-refractivity contribution in [2.75, 3.05) is 38.1 Å². The summed E-state index contributed by atoms with van der Waals surface area (Å²) >= 11 is 0. The number of hydrogen-bond donors (Lipinski definition) is 1. The molecule has 3 heterocycles. The maximum atomic E-state index is 12.5. The summed E-state index contributed by atoms with van der Waals surface area (Å²) in [6.45, 7) is 3.40. The lowest BCUT2D eigenvalue weighted by molar-refractivity contribution is -0.137. The smallest absolute Gasteiger partial charge is 0.240 e. The van der Waals surface area contributed by atoms with Crippen LogP contribution in [0.1, 0.15) is 12.8 Å². The van der Waals surface area contributed by atoms with Crippen molar-refractivity contribution in [2.24, 2.45) is 0 Å². The number of fused-ring (bicyclic) bond motifs is 1. The second-order valence-corrected chi connectivity index (χ2v) is 6.55. The Morgan fingerprint density at radius 3 is 2.70 bits per heavy atom. The van der Waals surface area contributed by atoms with E-state index in [1.165, 1.54) is 10.8 Å². The van der Waals surface area contributed by atoms with Gasteiger partial charge in [-0.25, -0.2) is 4.98 Å². The number of aromatic nitrogens is 1. The molecule has 2 aromatic rings. The van der Waals surface area contributed by atoms with Crippen LogP contribution >= 0.6 is 0 Å². The van der Waals surface area contributed by atoms with E-state index in [1.807, 2.05) is 12.3 Å². The number of piperazine rings is 1. The van der Waals surface area contributed by atoms with E-state index in [9.17, 15) is 4.79 Å². The molecular formula is C18H22N4O. The first-order chi connectivity index (χ1) is 11.2. The predicted molar refractivity (Wildman–Crippen MR) is 91.6 cm³/mol. The van der Waals surface area contributed by atoms with Gasteiger partial charge in [-0.3, -0.25) is 9.69 Å². The van der Waals surface area contributed by atoms with E-state index >= 15 is 0 Å². The molecule has 1 amide bonds. The second kappa shape index (κ2) is 5.49. The van der Waals surface area contributed by atoms with Gasteiger partial charge in [-0.15, -0.1) is 0 Å². The molecular weight excluding hydrogens is 288 g/mol. The first kappa shape index (κ1) is 14.5. The van der Waals surface area contributed by atoms with E-state index in [1.54, 1.807) is 0 Å². The van der Waals surface area contributed by atoms with Crippen LogP contribution in [0.4, 0.5) is 5.82 Å². The highest BCUT2D eigenvalue weighted by Gasteiger charge is 2.46. The topological polar surface area (TPSA) is 48.5 Å². The summed E-state index contributed by atoms with van der Waals surface area (Å²) in [6, 6.07) is 10.4. The summed E-state index contributed by atoms with van der Waals surface area (Å²) in [5.41, 5.74) is -0.334. The predicted octanol–water partition coefficient (Wildman–Crippen LogP) is 1.64. The van der Waals surface area contributed by atoms with Crippen LogP contribution < -0.4 is 10.2 Å². The molecule has 23 heavy (non-hydrogen) atoms. The first-order valence-corrected chi connectivity index (χ1v) is 8.29. The van der Waals surface area contributed by atoms with Gasteiger partial charge in [0.2, 0.25) is 5.91 Å². The first-order valence-electron chi connectivity index (χ1n) is 8.29. The number of anilines is 1. The van der Waals surface area contributed by atoms with Crippen molar-refractivity contribution in [3.63, 3.8) is 0 Å². The van der Waals surface area contributed by atoms with Crippen LogP contribution in [-0.4, -0.2) is 54.6 Å². The highest BCUT2D eigenvalue weighted by molar-refractivity contribution is 5.92. The Balaban J connectivity index is 1.61. The highest BCUT2D eigenvalue weighted by Crippen LogP contribution is 2.33. The molecule has 1 aromatic heterocycles. The number of carbonyl (C=O) groups excluding carboxylic acids is 1. The number of pyridine rings is 1. The fraction of sp³-hybridized carbons (Fsp3) is 0.444. The summed E-state index contributed by atoms with van der Waals surface area (Å²) in [4.78, 5) is 21.6. The minimum absolute atomic E-state index is 0.191. The van der Waals surface area contributed by atoms with E-state index in [0.717, 1.165) is 44.8 Å². The monoisotopic (exact) mass is 310 g/mol. The number of nitrogens with one attached hydrogen (secondary N) is 1. The van der Waals surface area contributed by atoms with Crippen LogP contribution in [0.2, 0.25) is 0 Å². The number of hydrogen-bond acceptors (Lipinski definition) is 4. The molecule has 5 heteroatoms. The molecule has 0 saturated carbocycles. The zero-order valence-electron chi connectivity index (χ0n) is 13.5. The molecule has 0 atom stereocenters. The van der Waals surface area contributed by atoms with Crippen molar-refractivity contribution >= 4 is 22.5 Å². The molecule has 0 unspecified atom stereocenters. The van der Waals surface area contributed by atoms with Crippen LogP contribution in [0.25, 0.3) is 10.8 Å². The maximum Gasteiger partial charge on any atom is 0.240 e. The molecule has 5 nitrogen and oxygen atoms in total. The Labute approximate surface area is 136 Å². The van der Waals surface area contributed by atoms with Gasteiger partial charge in [0.15, 0.2) is 0 Å². The number of benzene rings is 1. The van der Waals surface area contributed by atoms with Crippen LogP contribution in [0.15, 0.2) is 36.5 Å². The van der Waals surface area contributed by atoms with Gasteiger partial charge in [0.1, 0.15) is 11.4 Å². The Hall–Kier alpha value is -2.14. The van der Waals surface area contributed by atoms with Crippen molar-refractivity contribution in [3.8, 4) is 0 Å². The highest BCUT2D eigenvalue weighted by atomic mass is 16.2. The Bertz CT molecular complexity index is 731. The summed E-state index contributed by atoms with van der Waals surface area (Å²) < 4.78 is 0. The molecule has 1 spiro atoms. The summed E-state index contributed by atoms with van der Waals surface area (Å²) in [5.74, 6) is 1.23. The minimum atomic E-state index is -0.334. The maximum absolute atomic E-state index is 12.5. The molecule has 2 aliphatic rings. The minimum Gasteiger partial charge on any atom is -0.356 e. The SMILES string of the molecule is CN1CCNC(=O)C12CCN(c1nccc3ccccc13)CC2. The number of carbonyl (C=O) groups is 1. The largest absolute Gasteiger partial charge is 0.356 e. The van der Waals surface area contributed by atoms with Gasteiger partial charge in [-0.05, 0) is 31.3 Å². The quantitative estimate of drug-likeness (QED) is 0.870. The molecule has 0 aliphatic carbocycles. The average Bonchev–Trinajstić information content (AvgIpc) is 2.60. The summed E-state index contributed by atoms with van der Waals surface area (Å²) in [7, 11) is 2.07. The normalized spacial score (nSPS) is 21.6. The number of rotatable bonds is 1. The van der Waals surface area contributed by atoms with E-state index < -0.39 is 0 Å². The number of nitrogens with zero attached hydrogens (tertiary/aromatic N) is 3. The molecule has 1 N–H and O–H groups in total. The number of amides is 1. The number of likely N-dealkylation sites (N-methyl/N-ethyl adjacent to an activating group) is 1. The lowest BCUT2D eigenvalue weighted by Crippen LogP contribution is -2.66. The molecule has 0 radical (unpaired) electrons. The average molecular weight is 310 g/mol. The Morgan fingerprint density at radius 1 is 1.13 bits per heavy atom. The molecule has 1 aromatic carbocycles. The zero-order chi connectivity index (χ0) is 15.9. The third kappa shape index (κ3) is 2.27. The molecule has 2 fully saturated rings. The van der Waals surface area contributed by atoms with Gasteiger partial charge in [0, 0.05) is 37.8 Å². The van der Waals surface area contributed by atoms with Crippen molar-refractivity contribution < 1.29 is 4.79 Å². The van der Waals surface area contributed by atoms with E-state index in [4.69, 9.17) is 0 Å². The Kier molecular flexibility index (Phi) is 3.45. The van der Waals surface area contributed by atoms with Crippen LogP contribution in [0, 0.1) is 0 Å². The fourth-order valence-electron chi connectivity index (χ4n) is 3.94. The lowest BCUT2D eigenvalue weighted by Gasteiger charge is -2.48. The zero-order valence-corrected chi connectivity index (χ0v) is 13.5. The van der Waals surface area contributed by atoms with Crippen LogP contribution in [0.5, 0.6) is 0 Å². The molecule has 0 bridgehead atoms. The molecule has 120 valence electrons. The number of piperidine rings is 1. The second-order valence-electron chi connectivity index (χ2n) is 6.55. The van der Waals surface area contributed by atoms with Gasteiger partial charge in [0.05, 0.1) is 0 Å². The fourth-order valence-corrected chi connectivity index (χ4v) is 3.94. The van der Waals surface area contributed by atoms with Crippen molar-refractivity contribution in [3.05, 3.63) is 36.5 Å². The van der Waals surface area contributed by atoms with Crippen molar-refractivity contribution in [2.45, 2.75) is 18.4 Å². The molecule has 2 saturated heterocycles.